The molecule has 0 bridgehead atoms. The number of rotatable bonds is 7. The number of esters is 1. The lowest BCUT2D eigenvalue weighted by molar-refractivity contribution is -0.136. The average molecular weight is 561 g/mol. The van der Waals surface area contributed by atoms with Crippen molar-refractivity contribution in [3.8, 4) is 22.8 Å². The summed E-state index contributed by atoms with van der Waals surface area (Å²) in [6.45, 7) is 1.69. The molecule has 0 spiro atoms. The van der Waals surface area contributed by atoms with Gasteiger partial charge in [-0.1, -0.05) is 23.5 Å². The van der Waals surface area contributed by atoms with Crippen molar-refractivity contribution in [2.24, 2.45) is 4.99 Å². The third-order valence-corrected chi connectivity index (χ3v) is 7.44. The summed E-state index contributed by atoms with van der Waals surface area (Å²) in [5.74, 6) is 0.164. The van der Waals surface area contributed by atoms with Gasteiger partial charge in [0, 0.05) is 23.3 Å². The molecule has 0 saturated carbocycles. The molecule has 0 unspecified atom stereocenters. The van der Waals surface area contributed by atoms with Crippen molar-refractivity contribution >= 4 is 29.4 Å². The third-order valence-electron chi connectivity index (χ3n) is 6.46. The van der Waals surface area contributed by atoms with Gasteiger partial charge in [0.25, 0.3) is 5.56 Å². The second-order valence-electron chi connectivity index (χ2n) is 8.77. The summed E-state index contributed by atoms with van der Waals surface area (Å²) in [6, 6.07) is 14.1. The van der Waals surface area contributed by atoms with Gasteiger partial charge >= 0.3 is 11.9 Å². The number of nitrogens with zero attached hydrogens (tertiary/aromatic N) is 2. The lowest BCUT2D eigenvalue weighted by Gasteiger charge is -2.25. The molecule has 1 atom stereocenters. The topological polar surface area (TPSA) is 130 Å². The number of carboxylic acids is 1. The predicted molar refractivity (Wildman–Crippen MR) is 146 cm³/mol. The van der Waals surface area contributed by atoms with Crippen molar-refractivity contribution in [3.05, 3.63) is 102 Å². The first-order valence-corrected chi connectivity index (χ1v) is 12.8. The standard InChI is InChI=1S/C29H24N2O8S/c1-15-24(28(35)38-4)25(20-10-8-18(36-2)13-22(20)37-3)31-26(32)23(40-29(31)30-15)14-19-9-11-21(39-19)16-6-5-7-17(12-16)27(33)34/h5-14,25H,1-4H3,(H,33,34)/t25-/m1/s1. The number of aromatic carboxylic acids is 1. The highest BCUT2D eigenvalue weighted by Crippen LogP contribution is 2.37. The Balaban J connectivity index is 1.65. The van der Waals surface area contributed by atoms with Crippen LogP contribution in [-0.4, -0.2) is 42.9 Å². The number of allylic oxidation sites excluding steroid dienone is 1. The Kier molecular flexibility index (Phi) is 7.14. The molecule has 0 aliphatic carbocycles. The SMILES string of the molecule is COC(=O)C1=C(C)N=c2sc(=Cc3ccc(-c4cccc(C(=O)O)c4)o3)c(=O)n2[C@@H]1c1ccc(OC)cc1OC. The lowest BCUT2D eigenvalue weighted by Crippen LogP contribution is -2.40. The van der Waals surface area contributed by atoms with E-state index in [0.717, 1.165) is 11.3 Å². The molecule has 5 rings (SSSR count). The van der Waals surface area contributed by atoms with Crippen LogP contribution in [0.1, 0.15) is 34.6 Å². The van der Waals surface area contributed by atoms with E-state index in [-0.39, 0.29) is 16.7 Å². The van der Waals surface area contributed by atoms with Crippen molar-refractivity contribution < 1.29 is 33.3 Å². The van der Waals surface area contributed by atoms with E-state index in [0.29, 0.717) is 49.2 Å². The zero-order chi connectivity index (χ0) is 28.6. The highest BCUT2D eigenvalue weighted by atomic mass is 32.1. The number of benzene rings is 2. The van der Waals surface area contributed by atoms with Crippen LogP contribution in [0.5, 0.6) is 11.5 Å². The summed E-state index contributed by atoms with van der Waals surface area (Å²) in [7, 11) is 4.30. The molecular formula is C29H24N2O8S. The first kappa shape index (κ1) is 26.7. The highest BCUT2D eigenvalue weighted by Gasteiger charge is 2.35. The zero-order valence-electron chi connectivity index (χ0n) is 22.0. The smallest absolute Gasteiger partial charge is 0.338 e. The number of aromatic nitrogens is 1. The zero-order valence-corrected chi connectivity index (χ0v) is 22.8. The van der Waals surface area contributed by atoms with E-state index in [4.69, 9.17) is 18.6 Å². The molecule has 0 saturated heterocycles. The quantitative estimate of drug-likeness (QED) is 0.341. The van der Waals surface area contributed by atoms with Crippen LogP contribution >= 0.6 is 11.3 Å². The summed E-state index contributed by atoms with van der Waals surface area (Å²) in [6.07, 6.45) is 1.59. The van der Waals surface area contributed by atoms with E-state index >= 15 is 0 Å². The van der Waals surface area contributed by atoms with Gasteiger partial charge in [0.2, 0.25) is 0 Å². The van der Waals surface area contributed by atoms with Gasteiger partial charge in [0.15, 0.2) is 4.80 Å². The van der Waals surface area contributed by atoms with Crippen LogP contribution < -0.4 is 24.4 Å². The number of fused-ring (bicyclic) bond motifs is 1. The van der Waals surface area contributed by atoms with Crippen molar-refractivity contribution in [1.29, 1.82) is 0 Å². The molecule has 1 aliphatic rings. The van der Waals surface area contributed by atoms with E-state index in [1.54, 1.807) is 55.5 Å². The minimum Gasteiger partial charge on any atom is -0.497 e. The van der Waals surface area contributed by atoms with Gasteiger partial charge in [-0.2, -0.15) is 0 Å². The molecule has 0 amide bonds. The van der Waals surface area contributed by atoms with Crippen LogP contribution in [0.15, 0.2) is 80.1 Å². The normalized spacial score (nSPS) is 14.9. The van der Waals surface area contributed by atoms with Gasteiger partial charge in [0.05, 0.1) is 42.7 Å². The first-order valence-electron chi connectivity index (χ1n) is 12.0. The van der Waals surface area contributed by atoms with E-state index in [1.165, 1.54) is 38.0 Å². The van der Waals surface area contributed by atoms with Crippen LogP contribution in [0.3, 0.4) is 0 Å². The Hall–Kier alpha value is -4.90. The van der Waals surface area contributed by atoms with Crippen LogP contribution in [0.4, 0.5) is 0 Å². The van der Waals surface area contributed by atoms with Crippen LogP contribution in [0, 0.1) is 0 Å². The van der Waals surface area contributed by atoms with Crippen molar-refractivity contribution in [3.63, 3.8) is 0 Å². The molecule has 11 heteroatoms. The lowest BCUT2D eigenvalue weighted by atomic mass is 9.95. The van der Waals surface area contributed by atoms with Crippen LogP contribution in [0.2, 0.25) is 0 Å². The molecular weight excluding hydrogens is 536 g/mol. The second-order valence-corrected chi connectivity index (χ2v) is 9.78. The number of thiazole rings is 1. The Morgan fingerprint density at radius 1 is 1.07 bits per heavy atom. The fraction of sp³-hybridized carbons (Fsp3) is 0.172. The first-order chi connectivity index (χ1) is 19.2. The average Bonchev–Trinajstić information content (AvgIpc) is 3.55. The predicted octanol–water partition coefficient (Wildman–Crippen LogP) is 3.38. The maximum Gasteiger partial charge on any atom is 0.338 e. The third kappa shape index (κ3) is 4.71. The van der Waals surface area contributed by atoms with E-state index < -0.39 is 18.0 Å². The van der Waals surface area contributed by atoms with Gasteiger partial charge in [-0.3, -0.25) is 9.36 Å². The Morgan fingerprint density at radius 2 is 1.88 bits per heavy atom. The number of methoxy groups -OCH3 is 3. The molecule has 4 aromatic rings. The van der Waals surface area contributed by atoms with Gasteiger partial charge in [-0.05, 0) is 43.3 Å². The Bertz CT molecular complexity index is 1860. The summed E-state index contributed by atoms with van der Waals surface area (Å²) >= 11 is 1.15. The molecule has 2 aromatic heterocycles. The van der Waals surface area contributed by atoms with Crippen LogP contribution in [0.25, 0.3) is 17.4 Å². The number of carbonyl (C=O) groups excluding carboxylic acids is 1. The molecule has 2 aromatic carbocycles. The molecule has 0 radical (unpaired) electrons. The molecule has 10 nitrogen and oxygen atoms in total. The fourth-order valence-electron chi connectivity index (χ4n) is 4.55. The second kappa shape index (κ2) is 10.7. The van der Waals surface area contributed by atoms with Gasteiger partial charge < -0.3 is 23.7 Å². The molecule has 0 fully saturated rings. The Labute approximate surface area is 231 Å². The van der Waals surface area contributed by atoms with Crippen molar-refractivity contribution in [2.45, 2.75) is 13.0 Å². The summed E-state index contributed by atoms with van der Waals surface area (Å²) in [5.41, 5.74) is 1.53. The van der Waals surface area contributed by atoms with Crippen molar-refractivity contribution in [1.82, 2.24) is 4.57 Å². The maximum atomic E-state index is 13.8. The number of carboxylic acid groups (broad SMARTS) is 1. The monoisotopic (exact) mass is 560 g/mol. The van der Waals surface area contributed by atoms with Gasteiger partial charge in [-0.25, -0.2) is 14.6 Å². The van der Waals surface area contributed by atoms with Crippen LogP contribution in [-0.2, 0) is 9.53 Å². The van der Waals surface area contributed by atoms with E-state index in [9.17, 15) is 19.5 Å². The summed E-state index contributed by atoms with van der Waals surface area (Å²) in [4.78, 5) is 43.0. The number of hydrogen-bond donors (Lipinski definition) is 1. The number of furan rings is 1. The van der Waals surface area contributed by atoms with E-state index in [1.807, 2.05) is 0 Å². The van der Waals surface area contributed by atoms with Crippen molar-refractivity contribution in [2.75, 3.05) is 21.3 Å². The van der Waals surface area contributed by atoms with Gasteiger partial charge in [-0.15, -0.1) is 0 Å². The minimum atomic E-state index is -1.04. The minimum absolute atomic E-state index is 0.134. The highest BCUT2D eigenvalue weighted by molar-refractivity contribution is 7.07. The molecule has 204 valence electrons. The molecule has 40 heavy (non-hydrogen) atoms. The summed E-state index contributed by atoms with van der Waals surface area (Å²) in [5, 5.41) is 9.29. The van der Waals surface area contributed by atoms with Gasteiger partial charge in [0.1, 0.15) is 29.1 Å². The molecule has 1 N–H and O–H groups in total. The fourth-order valence-corrected chi connectivity index (χ4v) is 5.58. The van der Waals surface area contributed by atoms with E-state index in [2.05, 4.69) is 4.99 Å². The Morgan fingerprint density at radius 3 is 2.58 bits per heavy atom. The number of ether oxygens (including phenoxy) is 3. The number of hydrogen-bond acceptors (Lipinski definition) is 9. The molecule has 1 aliphatic heterocycles. The largest absolute Gasteiger partial charge is 0.497 e. The molecule has 3 heterocycles. The summed E-state index contributed by atoms with van der Waals surface area (Å²) < 4.78 is 23.7. The number of carbonyl (C=O) groups is 2. The maximum absolute atomic E-state index is 13.8.